The Hall–Kier alpha value is -4.01. The highest BCUT2D eigenvalue weighted by Crippen LogP contribution is 2.15. The van der Waals surface area contributed by atoms with E-state index in [1.54, 1.807) is 55.5 Å². The highest BCUT2D eigenvalue weighted by molar-refractivity contribution is 6.03. The fraction of sp³-hybridized carbons (Fsp3) is 0.190. The van der Waals surface area contributed by atoms with Crippen molar-refractivity contribution in [2.75, 3.05) is 11.9 Å². The fourth-order valence-electron chi connectivity index (χ4n) is 2.98. The molecule has 0 fully saturated rings. The van der Waals surface area contributed by atoms with Gasteiger partial charge < -0.3 is 16.4 Å². The molecule has 30 heavy (non-hydrogen) atoms. The second kappa shape index (κ2) is 8.99. The molecule has 0 aliphatic heterocycles. The summed E-state index contributed by atoms with van der Waals surface area (Å²) in [6, 6.07) is 13.4. The molecule has 1 heterocycles. The number of nitrogens with one attached hydrogen (secondary N) is 2. The maximum Gasteiger partial charge on any atom is 0.261 e. The molecule has 0 aliphatic carbocycles. The molecule has 0 saturated carbocycles. The first-order valence-electron chi connectivity index (χ1n) is 9.28. The van der Waals surface area contributed by atoms with E-state index in [-0.39, 0.29) is 30.6 Å². The van der Waals surface area contributed by atoms with Gasteiger partial charge in [-0.05, 0) is 31.2 Å². The third-order valence-electron chi connectivity index (χ3n) is 4.46. The highest BCUT2D eigenvalue weighted by atomic mass is 16.2. The minimum Gasteiger partial charge on any atom is -0.370 e. The van der Waals surface area contributed by atoms with Gasteiger partial charge in [0.05, 0.1) is 22.2 Å². The van der Waals surface area contributed by atoms with E-state index < -0.39 is 17.7 Å². The van der Waals surface area contributed by atoms with E-state index >= 15 is 0 Å². The Balaban J connectivity index is 1.78. The summed E-state index contributed by atoms with van der Waals surface area (Å²) in [4.78, 5) is 52.9. The first kappa shape index (κ1) is 20.7. The van der Waals surface area contributed by atoms with Crippen molar-refractivity contribution in [3.63, 3.8) is 0 Å². The third-order valence-corrected chi connectivity index (χ3v) is 4.46. The van der Waals surface area contributed by atoms with Crippen LogP contribution in [0.2, 0.25) is 0 Å². The van der Waals surface area contributed by atoms with E-state index in [0.717, 1.165) is 0 Å². The first-order chi connectivity index (χ1) is 14.4. The number of rotatable bonds is 7. The molecule has 9 heteroatoms. The van der Waals surface area contributed by atoms with Crippen LogP contribution >= 0.6 is 0 Å². The van der Waals surface area contributed by atoms with Gasteiger partial charge in [0.2, 0.25) is 11.8 Å². The number of anilines is 1. The Bertz CT molecular complexity index is 1190. The zero-order valence-electron chi connectivity index (χ0n) is 16.3. The van der Waals surface area contributed by atoms with Crippen molar-refractivity contribution in [2.45, 2.75) is 19.9 Å². The summed E-state index contributed by atoms with van der Waals surface area (Å²) in [7, 11) is 0. The van der Waals surface area contributed by atoms with Crippen LogP contribution in [0.5, 0.6) is 0 Å². The molecule has 1 aromatic heterocycles. The van der Waals surface area contributed by atoms with Crippen molar-refractivity contribution in [1.29, 1.82) is 0 Å². The molecule has 3 rings (SSSR count). The zero-order valence-corrected chi connectivity index (χ0v) is 16.3. The van der Waals surface area contributed by atoms with Crippen molar-refractivity contribution in [3.05, 3.63) is 70.3 Å². The van der Waals surface area contributed by atoms with Crippen LogP contribution in [0.25, 0.3) is 10.9 Å². The summed E-state index contributed by atoms with van der Waals surface area (Å²) in [6.07, 6.45) is 0.0113. The lowest BCUT2D eigenvalue weighted by Crippen LogP contribution is -2.31. The summed E-state index contributed by atoms with van der Waals surface area (Å²) in [5, 5.41) is 5.66. The average molecular weight is 407 g/mol. The van der Waals surface area contributed by atoms with Gasteiger partial charge in [0.1, 0.15) is 12.4 Å². The standard InChI is InChI=1S/C21H21N5O4/c1-13-24-17-9-5-3-7-15(17)21(30)26(13)12-19(28)25-16-8-4-2-6-14(16)20(29)23-11-10-18(22)27/h2-9H,10-12H2,1H3,(H2,22,27)(H,23,29)(H,25,28). The van der Waals surface area contributed by atoms with E-state index in [1.807, 2.05) is 0 Å². The number of fused-ring (bicyclic) bond motifs is 1. The van der Waals surface area contributed by atoms with Crippen molar-refractivity contribution in [3.8, 4) is 0 Å². The fourth-order valence-corrected chi connectivity index (χ4v) is 2.98. The summed E-state index contributed by atoms with van der Waals surface area (Å²) in [6.45, 7) is 1.50. The number of aromatic nitrogens is 2. The molecule has 9 nitrogen and oxygen atoms in total. The molecule has 0 spiro atoms. The largest absolute Gasteiger partial charge is 0.370 e. The highest BCUT2D eigenvalue weighted by Gasteiger charge is 2.15. The predicted octanol–water partition coefficient (Wildman–Crippen LogP) is 0.949. The van der Waals surface area contributed by atoms with Crippen molar-refractivity contribution < 1.29 is 14.4 Å². The number of primary amides is 1. The molecule has 4 N–H and O–H groups in total. The maximum atomic E-state index is 12.7. The van der Waals surface area contributed by atoms with E-state index in [1.165, 1.54) is 4.57 Å². The molecule has 154 valence electrons. The number of carbonyl (C=O) groups excluding carboxylic acids is 3. The molecule has 0 atom stereocenters. The van der Waals surface area contributed by atoms with E-state index in [9.17, 15) is 19.2 Å². The Kier molecular flexibility index (Phi) is 6.21. The number of hydrogen-bond acceptors (Lipinski definition) is 5. The smallest absolute Gasteiger partial charge is 0.261 e. The van der Waals surface area contributed by atoms with Crippen LogP contribution < -0.4 is 21.9 Å². The molecular formula is C21H21N5O4. The molecular weight excluding hydrogens is 386 g/mol. The molecule has 3 aromatic rings. The number of para-hydroxylation sites is 2. The van der Waals surface area contributed by atoms with Gasteiger partial charge in [-0.2, -0.15) is 0 Å². The zero-order chi connectivity index (χ0) is 21.7. The SMILES string of the molecule is Cc1nc2ccccc2c(=O)n1CC(=O)Nc1ccccc1C(=O)NCCC(N)=O. The second-order valence-electron chi connectivity index (χ2n) is 6.63. The topological polar surface area (TPSA) is 136 Å². The van der Waals surface area contributed by atoms with Crippen LogP contribution in [0.1, 0.15) is 22.6 Å². The minimum absolute atomic E-state index is 0.0113. The summed E-state index contributed by atoms with van der Waals surface area (Å²) in [5.41, 5.74) is 5.84. The van der Waals surface area contributed by atoms with Crippen molar-refractivity contribution >= 4 is 34.3 Å². The van der Waals surface area contributed by atoms with Crippen LogP contribution in [-0.4, -0.2) is 33.8 Å². The second-order valence-corrected chi connectivity index (χ2v) is 6.63. The van der Waals surface area contributed by atoms with E-state index in [4.69, 9.17) is 5.73 Å². The predicted molar refractivity (Wildman–Crippen MR) is 112 cm³/mol. The lowest BCUT2D eigenvalue weighted by atomic mass is 10.1. The van der Waals surface area contributed by atoms with Crippen LogP contribution in [0.15, 0.2) is 53.3 Å². The maximum absolute atomic E-state index is 12.7. The van der Waals surface area contributed by atoms with Gasteiger partial charge in [0.25, 0.3) is 11.5 Å². The van der Waals surface area contributed by atoms with Gasteiger partial charge in [0, 0.05) is 13.0 Å². The molecule has 0 saturated heterocycles. The molecule has 0 radical (unpaired) electrons. The number of amides is 3. The monoisotopic (exact) mass is 407 g/mol. The molecule has 3 amide bonds. The summed E-state index contributed by atoms with van der Waals surface area (Å²) >= 11 is 0. The lowest BCUT2D eigenvalue weighted by molar-refractivity contribution is -0.118. The van der Waals surface area contributed by atoms with Gasteiger partial charge in [0.15, 0.2) is 0 Å². The van der Waals surface area contributed by atoms with Crippen LogP contribution in [0.3, 0.4) is 0 Å². The molecule has 0 unspecified atom stereocenters. The number of carbonyl (C=O) groups is 3. The average Bonchev–Trinajstić information content (AvgIpc) is 2.71. The van der Waals surface area contributed by atoms with E-state index in [0.29, 0.717) is 22.4 Å². The van der Waals surface area contributed by atoms with Crippen molar-refractivity contribution in [1.82, 2.24) is 14.9 Å². The normalized spacial score (nSPS) is 10.6. The van der Waals surface area contributed by atoms with Gasteiger partial charge in [-0.1, -0.05) is 24.3 Å². The van der Waals surface area contributed by atoms with Crippen LogP contribution in [0, 0.1) is 6.92 Å². The minimum atomic E-state index is -0.526. The number of nitrogens with two attached hydrogens (primary N) is 1. The Morgan fingerprint density at radius 2 is 1.77 bits per heavy atom. The number of nitrogens with zero attached hydrogens (tertiary/aromatic N) is 2. The summed E-state index contributed by atoms with van der Waals surface area (Å²) < 4.78 is 1.28. The Morgan fingerprint density at radius 1 is 1.07 bits per heavy atom. The van der Waals surface area contributed by atoms with Gasteiger partial charge in [-0.15, -0.1) is 0 Å². The summed E-state index contributed by atoms with van der Waals surface area (Å²) in [5.74, 6) is -1.05. The lowest BCUT2D eigenvalue weighted by Gasteiger charge is -2.13. The van der Waals surface area contributed by atoms with Gasteiger partial charge in [-0.25, -0.2) is 4.98 Å². The number of hydrogen-bond donors (Lipinski definition) is 3. The molecule has 0 bridgehead atoms. The molecule has 2 aromatic carbocycles. The first-order valence-corrected chi connectivity index (χ1v) is 9.28. The third kappa shape index (κ3) is 4.69. The van der Waals surface area contributed by atoms with E-state index in [2.05, 4.69) is 15.6 Å². The van der Waals surface area contributed by atoms with Crippen LogP contribution in [0.4, 0.5) is 5.69 Å². The van der Waals surface area contributed by atoms with Gasteiger partial charge >= 0.3 is 0 Å². The number of aryl methyl sites for hydroxylation is 1. The Labute approximate surface area is 171 Å². The number of benzene rings is 2. The van der Waals surface area contributed by atoms with Crippen LogP contribution in [-0.2, 0) is 16.1 Å². The van der Waals surface area contributed by atoms with Gasteiger partial charge in [-0.3, -0.25) is 23.7 Å². The quantitative estimate of drug-likeness (QED) is 0.536. The Morgan fingerprint density at radius 3 is 2.53 bits per heavy atom. The molecule has 0 aliphatic rings. The van der Waals surface area contributed by atoms with Crippen molar-refractivity contribution in [2.24, 2.45) is 5.73 Å².